The van der Waals surface area contributed by atoms with E-state index in [4.69, 9.17) is 0 Å². The second-order valence-corrected chi connectivity index (χ2v) is 5.61. The van der Waals surface area contributed by atoms with E-state index < -0.39 is 0 Å². The molecule has 2 aromatic heterocycles. The Balaban J connectivity index is 0.00000220. The van der Waals surface area contributed by atoms with Crippen molar-refractivity contribution >= 4 is 41.3 Å². The molecule has 0 amide bonds. The lowest BCUT2D eigenvalue weighted by Crippen LogP contribution is -2.37. The maximum atomic E-state index is 4.31. The highest BCUT2D eigenvalue weighted by atomic mass is 127. The number of nitrogens with one attached hydrogen (secondary N) is 2. The molecule has 21 heavy (non-hydrogen) atoms. The van der Waals surface area contributed by atoms with Crippen molar-refractivity contribution in [2.75, 3.05) is 13.6 Å². The molecular formula is C14H20IN5S. The Morgan fingerprint density at radius 1 is 1.29 bits per heavy atom. The second-order valence-electron chi connectivity index (χ2n) is 4.29. The molecule has 0 aliphatic carbocycles. The number of aromatic nitrogens is 2. The molecule has 0 saturated heterocycles. The van der Waals surface area contributed by atoms with Crippen LogP contribution in [0.15, 0.2) is 35.6 Å². The standard InChI is InChI=1S/C14H19N5S.HI/c1-11-9-18-13(20-11)10-19-14(15-2)17-8-6-12-5-3-4-7-16-12;/h3-5,7,9H,6,8,10H2,1-2H3,(H2,15,17,19);1H. The molecule has 0 unspecified atom stereocenters. The Hall–Kier alpha value is -1.22. The molecule has 0 saturated carbocycles. The molecule has 114 valence electrons. The molecule has 2 rings (SSSR count). The minimum Gasteiger partial charge on any atom is -0.356 e. The van der Waals surface area contributed by atoms with Crippen LogP contribution in [-0.4, -0.2) is 29.5 Å². The van der Waals surface area contributed by atoms with E-state index in [9.17, 15) is 0 Å². The summed E-state index contributed by atoms with van der Waals surface area (Å²) in [5, 5.41) is 7.59. The van der Waals surface area contributed by atoms with E-state index in [1.807, 2.05) is 30.6 Å². The fraction of sp³-hybridized carbons (Fsp3) is 0.357. The first kappa shape index (κ1) is 17.8. The Bertz CT molecular complexity index is 556. The van der Waals surface area contributed by atoms with E-state index in [1.165, 1.54) is 4.88 Å². The Morgan fingerprint density at radius 2 is 2.14 bits per heavy atom. The van der Waals surface area contributed by atoms with Gasteiger partial charge in [-0.3, -0.25) is 9.98 Å². The van der Waals surface area contributed by atoms with Gasteiger partial charge in [-0.05, 0) is 19.1 Å². The fourth-order valence-electron chi connectivity index (χ4n) is 1.72. The van der Waals surface area contributed by atoms with Gasteiger partial charge >= 0.3 is 0 Å². The third kappa shape index (κ3) is 6.38. The molecule has 0 fully saturated rings. The number of guanidine groups is 1. The fourth-order valence-corrected chi connectivity index (χ4v) is 2.44. The average Bonchev–Trinajstić information content (AvgIpc) is 2.89. The van der Waals surface area contributed by atoms with Crippen LogP contribution in [-0.2, 0) is 13.0 Å². The minimum atomic E-state index is 0. The highest BCUT2D eigenvalue weighted by Crippen LogP contribution is 2.10. The minimum absolute atomic E-state index is 0. The normalized spacial score (nSPS) is 10.9. The summed E-state index contributed by atoms with van der Waals surface area (Å²) in [5.74, 6) is 0.786. The summed E-state index contributed by atoms with van der Waals surface area (Å²) in [7, 11) is 1.77. The van der Waals surface area contributed by atoms with Crippen molar-refractivity contribution in [2.24, 2.45) is 4.99 Å². The van der Waals surface area contributed by atoms with E-state index in [0.29, 0.717) is 6.54 Å². The van der Waals surface area contributed by atoms with Gasteiger partial charge in [0.1, 0.15) is 5.01 Å². The molecule has 0 atom stereocenters. The lowest BCUT2D eigenvalue weighted by Gasteiger charge is -2.10. The molecule has 0 radical (unpaired) electrons. The van der Waals surface area contributed by atoms with E-state index in [-0.39, 0.29) is 24.0 Å². The van der Waals surface area contributed by atoms with Crippen LogP contribution in [0.3, 0.4) is 0 Å². The quantitative estimate of drug-likeness (QED) is 0.446. The van der Waals surface area contributed by atoms with E-state index in [1.54, 1.807) is 18.4 Å². The van der Waals surface area contributed by atoms with Crippen molar-refractivity contribution in [3.63, 3.8) is 0 Å². The zero-order chi connectivity index (χ0) is 14.2. The van der Waals surface area contributed by atoms with Gasteiger partial charge in [-0.2, -0.15) is 0 Å². The van der Waals surface area contributed by atoms with Gasteiger partial charge < -0.3 is 10.6 Å². The molecule has 2 aromatic rings. The number of rotatable bonds is 5. The van der Waals surface area contributed by atoms with Crippen LogP contribution in [0.5, 0.6) is 0 Å². The van der Waals surface area contributed by atoms with Crippen molar-refractivity contribution in [2.45, 2.75) is 19.9 Å². The number of aliphatic imine (C=N–C) groups is 1. The monoisotopic (exact) mass is 417 g/mol. The summed E-state index contributed by atoms with van der Waals surface area (Å²) in [6, 6.07) is 5.95. The largest absolute Gasteiger partial charge is 0.356 e. The summed E-state index contributed by atoms with van der Waals surface area (Å²) in [5.41, 5.74) is 1.08. The van der Waals surface area contributed by atoms with Crippen LogP contribution in [0.1, 0.15) is 15.6 Å². The van der Waals surface area contributed by atoms with Crippen molar-refractivity contribution < 1.29 is 0 Å². The zero-order valence-electron chi connectivity index (χ0n) is 12.2. The maximum Gasteiger partial charge on any atom is 0.191 e. The molecule has 0 bridgehead atoms. The lowest BCUT2D eigenvalue weighted by molar-refractivity contribution is 0.782. The molecule has 0 spiro atoms. The van der Waals surface area contributed by atoms with Crippen LogP contribution >= 0.6 is 35.3 Å². The van der Waals surface area contributed by atoms with Crippen LogP contribution in [0.2, 0.25) is 0 Å². The molecule has 7 heteroatoms. The predicted molar refractivity (Wildman–Crippen MR) is 98.4 cm³/mol. The van der Waals surface area contributed by atoms with Crippen LogP contribution in [0.4, 0.5) is 0 Å². The van der Waals surface area contributed by atoms with Gasteiger partial charge in [0.2, 0.25) is 0 Å². The number of thiazole rings is 1. The third-order valence-electron chi connectivity index (χ3n) is 2.70. The molecule has 2 N–H and O–H groups in total. The first-order chi connectivity index (χ1) is 9.78. The molecule has 0 aliphatic heterocycles. The summed E-state index contributed by atoms with van der Waals surface area (Å²) in [6.45, 7) is 3.55. The van der Waals surface area contributed by atoms with E-state index in [2.05, 4.69) is 32.5 Å². The Labute approximate surface area is 146 Å². The van der Waals surface area contributed by atoms with Gasteiger partial charge in [-0.15, -0.1) is 35.3 Å². The first-order valence-electron chi connectivity index (χ1n) is 6.53. The van der Waals surface area contributed by atoms with Crippen LogP contribution in [0.25, 0.3) is 0 Å². The van der Waals surface area contributed by atoms with Crippen LogP contribution in [0, 0.1) is 6.92 Å². The SMILES string of the molecule is CN=C(NCCc1ccccn1)NCc1ncc(C)s1.I. The lowest BCUT2D eigenvalue weighted by atomic mass is 10.3. The third-order valence-corrected chi connectivity index (χ3v) is 3.61. The number of nitrogens with zero attached hydrogens (tertiary/aromatic N) is 3. The zero-order valence-corrected chi connectivity index (χ0v) is 15.3. The van der Waals surface area contributed by atoms with Crippen molar-refractivity contribution in [1.82, 2.24) is 20.6 Å². The summed E-state index contributed by atoms with van der Waals surface area (Å²) in [6.07, 6.45) is 4.57. The Kier molecular flexibility index (Phi) is 8.21. The summed E-state index contributed by atoms with van der Waals surface area (Å²) >= 11 is 1.69. The number of hydrogen-bond acceptors (Lipinski definition) is 4. The molecular weight excluding hydrogens is 397 g/mol. The second kappa shape index (κ2) is 9.67. The maximum absolute atomic E-state index is 4.31. The van der Waals surface area contributed by atoms with E-state index in [0.717, 1.165) is 29.6 Å². The Morgan fingerprint density at radius 3 is 2.76 bits per heavy atom. The molecule has 0 aliphatic rings. The molecule has 5 nitrogen and oxygen atoms in total. The summed E-state index contributed by atoms with van der Waals surface area (Å²) < 4.78 is 0. The van der Waals surface area contributed by atoms with Crippen molar-refractivity contribution in [3.8, 4) is 0 Å². The predicted octanol–water partition coefficient (Wildman–Crippen LogP) is 2.37. The average molecular weight is 417 g/mol. The topological polar surface area (TPSA) is 62.2 Å². The first-order valence-corrected chi connectivity index (χ1v) is 7.35. The van der Waals surface area contributed by atoms with Gasteiger partial charge in [0, 0.05) is 43.0 Å². The molecule has 2 heterocycles. The van der Waals surface area contributed by atoms with Gasteiger partial charge in [0.15, 0.2) is 5.96 Å². The van der Waals surface area contributed by atoms with Gasteiger partial charge in [0.05, 0.1) is 6.54 Å². The van der Waals surface area contributed by atoms with Gasteiger partial charge in [-0.25, -0.2) is 4.98 Å². The highest BCUT2D eigenvalue weighted by molar-refractivity contribution is 14.0. The summed E-state index contributed by atoms with van der Waals surface area (Å²) in [4.78, 5) is 14.0. The number of pyridine rings is 1. The highest BCUT2D eigenvalue weighted by Gasteiger charge is 2.01. The van der Waals surface area contributed by atoms with Gasteiger partial charge in [0.25, 0.3) is 0 Å². The number of halogens is 1. The smallest absolute Gasteiger partial charge is 0.191 e. The van der Waals surface area contributed by atoms with Crippen LogP contribution < -0.4 is 10.6 Å². The van der Waals surface area contributed by atoms with E-state index >= 15 is 0 Å². The number of hydrogen-bond donors (Lipinski definition) is 2. The van der Waals surface area contributed by atoms with Crippen molar-refractivity contribution in [3.05, 3.63) is 46.2 Å². The number of aryl methyl sites for hydroxylation is 1. The molecule has 0 aromatic carbocycles. The van der Waals surface area contributed by atoms with Gasteiger partial charge in [-0.1, -0.05) is 6.07 Å². The van der Waals surface area contributed by atoms with Crippen molar-refractivity contribution in [1.29, 1.82) is 0 Å².